The summed E-state index contributed by atoms with van der Waals surface area (Å²) in [5.41, 5.74) is 0.421. The second kappa shape index (κ2) is 17.4. The molecular weight excluding hydrogens is 798 g/mol. The zero-order valence-corrected chi connectivity index (χ0v) is 34.3. The summed E-state index contributed by atoms with van der Waals surface area (Å²) in [7, 11) is 1.84. The molecule has 1 aliphatic carbocycles. The van der Waals surface area contributed by atoms with Crippen LogP contribution >= 0.6 is 12.1 Å². The lowest BCUT2D eigenvalue weighted by Gasteiger charge is -2.44. The molecule has 3 saturated heterocycles. The molecule has 0 bridgehead atoms. The number of nitriles is 1. The van der Waals surface area contributed by atoms with E-state index in [9.17, 15) is 19.6 Å². The van der Waals surface area contributed by atoms with Crippen molar-refractivity contribution in [1.82, 2.24) is 24.1 Å². The smallest absolute Gasteiger partial charge is 0.264 e. The Morgan fingerprint density at radius 2 is 1.82 bits per heavy atom. The molecule has 1 spiro atoms. The Morgan fingerprint density at radius 1 is 1.03 bits per heavy atom. The number of benzene rings is 3. The molecule has 1 aromatic heterocycles. The van der Waals surface area contributed by atoms with Gasteiger partial charge in [-0.3, -0.25) is 24.3 Å². The second-order valence-corrected chi connectivity index (χ2v) is 17.2. The normalized spacial score (nSPS) is 23.1. The Bertz CT molecular complexity index is 2400. The van der Waals surface area contributed by atoms with Crippen molar-refractivity contribution >= 4 is 46.2 Å². The number of hydrogen-bond donors (Lipinski definition) is 3. The molecule has 4 heterocycles. The molecule has 3 aromatic carbocycles. The number of nitrogens with zero attached hydrogens (tertiary/aromatic N) is 5. The zero-order chi connectivity index (χ0) is 42.1. The number of imide groups is 1. The molecule has 17 heteroatoms. The Morgan fingerprint density at radius 3 is 2.53 bits per heavy atom. The Labute approximate surface area is 349 Å². The molecule has 2 unspecified atom stereocenters. The minimum Gasteiger partial charge on any atom is -0.450 e. The van der Waals surface area contributed by atoms with Crippen LogP contribution in [0.25, 0.3) is 10.9 Å². The summed E-state index contributed by atoms with van der Waals surface area (Å²) in [5.74, 6) is -3.62. The predicted molar refractivity (Wildman–Crippen MR) is 221 cm³/mol. The number of nitrogens with one attached hydrogen (secondary N) is 3. The molecule has 4 aromatic rings. The summed E-state index contributed by atoms with van der Waals surface area (Å²) in [6.45, 7) is 4.56. The maximum Gasteiger partial charge on any atom is 0.264 e. The summed E-state index contributed by atoms with van der Waals surface area (Å²) in [5, 5.41) is 15.0. The number of aromatic nitrogens is 2. The molecule has 4 aliphatic rings. The number of carbonyl (C=O) groups is 2. The fourth-order valence-electron chi connectivity index (χ4n) is 9.03. The highest BCUT2D eigenvalue weighted by Gasteiger charge is 2.45. The van der Waals surface area contributed by atoms with E-state index >= 15 is 13.2 Å². The van der Waals surface area contributed by atoms with Crippen molar-refractivity contribution in [3.63, 3.8) is 0 Å². The van der Waals surface area contributed by atoms with Crippen LogP contribution in [0.5, 0.6) is 11.5 Å². The van der Waals surface area contributed by atoms with Gasteiger partial charge in [0.25, 0.3) is 5.56 Å². The first-order valence-corrected chi connectivity index (χ1v) is 21.2. The lowest BCUT2D eigenvalue weighted by Crippen LogP contribution is -2.49. The Balaban J connectivity index is 0.882. The van der Waals surface area contributed by atoms with E-state index in [2.05, 4.69) is 25.2 Å². The molecule has 2 amide bonds. The number of amides is 2. The van der Waals surface area contributed by atoms with Crippen molar-refractivity contribution in [3.05, 3.63) is 87.7 Å². The molecule has 0 radical (unpaired) electrons. The average molecular weight is 845 g/mol. The third kappa shape index (κ3) is 8.43. The van der Waals surface area contributed by atoms with Crippen LogP contribution in [-0.4, -0.2) is 81.5 Å². The van der Waals surface area contributed by atoms with Crippen LogP contribution in [-0.2, 0) is 14.3 Å². The maximum absolute atomic E-state index is 16.2. The molecule has 316 valence electrons. The van der Waals surface area contributed by atoms with E-state index in [1.165, 1.54) is 47.3 Å². The fourth-order valence-corrected chi connectivity index (χ4v) is 9.59. The van der Waals surface area contributed by atoms with Crippen molar-refractivity contribution in [1.29, 1.82) is 5.26 Å². The molecule has 8 rings (SSSR count). The topological polar surface area (TPSA) is 154 Å². The van der Waals surface area contributed by atoms with Crippen LogP contribution in [0.4, 0.5) is 24.5 Å². The van der Waals surface area contributed by atoms with E-state index in [1.807, 2.05) is 30.4 Å². The highest BCUT2D eigenvalue weighted by molar-refractivity contribution is 7.98. The third-order valence-corrected chi connectivity index (χ3v) is 13.5. The van der Waals surface area contributed by atoms with Gasteiger partial charge in [-0.2, -0.15) is 5.26 Å². The van der Waals surface area contributed by atoms with Gasteiger partial charge in [0, 0.05) is 49.9 Å². The summed E-state index contributed by atoms with van der Waals surface area (Å²) in [6.07, 6.45) is 7.74. The summed E-state index contributed by atoms with van der Waals surface area (Å²) in [6, 6.07) is 11.7. The molecule has 60 heavy (non-hydrogen) atoms. The van der Waals surface area contributed by atoms with Gasteiger partial charge < -0.3 is 24.4 Å². The van der Waals surface area contributed by atoms with E-state index < -0.39 is 46.2 Å². The van der Waals surface area contributed by atoms with Crippen molar-refractivity contribution in [2.75, 3.05) is 43.3 Å². The van der Waals surface area contributed by atoms with Gasteiger partial charge in [-0.05, 0) is 106 Å². The quantitative estimate of drug-likeness (QED) is 0.104. The molecule has 2 atom stereocenters. The van der Waals surface area contributed by atoms with E-state index in [4.69, 9.17) is 9.47 Å². The number of piperidine rings is 2. The number of hydrogen-bond acceptors (Lipinski definition) is 12. The molecule has 1 saturated carbocycles. The Kier molecular flexibility index (Phi) is 12.1. The van der Waals surface area contributed by atoms with E-state index in [0.717, 1.165) is 57.7 Å². The van der Waals surface area contributed by atoms with Crippen molar-refractivity contribution in [2.24, 2.45) is 0 Å². The van der Waals surface area contributed by atoms with Crippen LogP contribution in [0.1, 0.15) is 87.8 Å². The van der Waals surface area contributed by atoms with E-state index in [0.29, 0.717) is 36.7 Å². The van der Waals surface area contributed by atoms with Crippen LogP contribution in [0.3, 0.4) is 0 Å². The predicted octanol–water partition coefficient (Wildman–Crippen LogP) is 7.14. The van der Waals surface area contributed by atoms with Gasteiger partial charge in [-0.1, -0.05) is 13.0 Å². The van der Waals surface area contributed by atoms with Crippen LogP contribution in [0.2, 0.25) is 0 Å². The highest BCUT2D eigenvalue weighted by Crippen LogP contribution is 2.43. The van der Waals surface area contributed by atoms with Gasteiger partial charge in [0.05, 0.1) is 35.8 Å². The summed E-state index contributed by atoms with van der Waals surface area (Å²) >= 11 is 1.21. The first-order valence-electron chi connectivity index (χ1n) is 20.5. The SMILES string of the molecule is CCN(C)SNc1ccc(F)c(Oc2ccc3ncn(C4COC5(CCN(C6CCC(c7ccc(NC8CCC(=O)NC8=O)cc7F)CC6)CC5)C4)c(=O)c3c2F)c1C#N. The molecular formula is C43H47F3N8O5S. The molecule has 3 N–H and O–H groups in total. The van der Waals surface area contributed by atoms with Crippen LogP contribution in [0, 0.1) is 28.8 Å². The number of anilines is 2. The van der Waals surface area contributed by atoms with Crippen molar-refractivity contribution in [2.45, 2.75) is 94.4 Å². The largest absolute Gasteiger partial charge is 0.450 e. The first-order chi connectivity index (χ1) is 29.0. The van der Waals surface area contributed by atoms with Crippen LogP contribution < -0.4 is 25.7 Å². The lowest BCUT2D eigenvalue weighted by molar-refractivity contribution is -0.133. The average Bonchev–Trinajstić information content (AvgIpc) is 3.65. The van der Waals surface area contributed by atoms with Crippen LogP contribution in [0.15, 0.2) is 53.6 Å². The second-order valence-electron chi connectivity index (χ2n) is 16.2. The van der Waals surface area contributed by atoms with Crippen molar-refractivity contribution in [3.8, 4) is 17.6 Å². The molecule has 4 fully saturated rings. The minimum absolute atomic E-state index is 0.101. The maximum atomic E-state index is 16.2. The monoisotopic (exact) mass is 844 g/mol. The third-order valence-electron chi connectivity index (χ3n) is 12.6. The lowest BCUT2D eigenvalue weighted by atomic mass is 9.79. The Hall–Kier alpha value is -5.15. The zero-order valence-electron chi connectivity index (χ0n) is 33.4. The van der Waals surface area contributed by atoms with Gasteiger partial charge in [-0.25, -0.2) is 22.5 Å². The summed E-state index contributed by atoms with van der Waals surface area (Å²) in [4.78, 5) is 44.4. The van der Waals surface area contributed by atoms with Gasteiger partial charge in [0.2, 0.25) is 11.8 Å². The number of carbonyl (C=O) groups excluding carboxylic acids is 2. The van der Waals surface area contributed by atoms with Gasteiger partial charge in [0.1, 0.15) is 28.9 Å². The van der Waals surface area contributed by atoms with Gasteiger partial charge in [0.15, 0.2) is 23.1 Å². The van der Waals surface area contributed by atoms with Gasteiger partial charge in [-0.15, -0.1) is 0 Å². The number of likely N-dealkylation sites (tertiary alicyclic amines) is 1. The molecule has 3 aliphatic heterocycles. The van der Waals surface area contributed by atoms with Gasteiger partial charge >= 0.3 is 0 Å². The summed E-state index contributed by atoms with van der Waals surface area (Å²) < 4.78 is 65.0. The number of rotatable bonds is 11. The number of fused-ring (bicyclic) bond motifs is 1. The first kappa shape index (κ1) is 41.6. The highest BCUT2D eigenvalue weighted by atomic mass is 32.2. The number of ether oxygens (including phenoxy) is 2. The molecule has 13 nitrogen and oxygen atoms in total. The number of halogens is 3. The van der Waals surface area contributed by atoms with E-state index in [1.54, 1.807) is 6.07 Å². The minimum atomic E-state index is -1.00. The van der Waals surface area contributed by atoms with Crippen molar-refractivity contribution < 1.29 is 32.2 Å². The standard InChI is InChI=1S/C43H47F3N8O5S/c1-3-52(2)60-51-33-11-10-31(44)40(30(33)22-47)59-36-14-12-34-38(39(36)46)42(57)54(24-48-34)28-21-43(58-23-28)16-18-53(19-17-43)27-7-4-25(5-8-27)29-9-6-26(20-32(29)45)49-35-13-15-37(55)50-41(35)56/h6,9-12,14,20,24-25,27-28,35,49,51H,3-5,7-8,13,15-19,21,23H2,1-2H3,(H,50,55,56). The fraction of sp³-hybridized carbons (Fsp3) is 0.465. The van der Waals surface area contributed by atoms with E-state index in [-0.39, 0.29) is 58.9 Å².